The molecule has 1 heterocycles. The number of ether oxygens (including phenoxy) is 1. The molecule has 27 heavy (non-hydrogen) atoms. The van der Waals surface area contributed by atoms with Crippen molar-refractivity contribution in [2.75, 3.05) is 19.4 Å². The molecule has 1 atom stereocenters. The van der Waals surface area contributed by atoms with Crippen LogP contribution in [0.1, 0.15) is 29.2 Å². The molecule has 0 saturated heterocycles. The van der Waals surface area contributed by atoms with E-state index in [0.717, 1.165) is 17.7 Å². The van der Waals surface area contributed by atoms with Crippen LogP contribution >= 0.6 is 11.8 Å². The summed E-state index contributed by atoms with van der Waals surface area (Å²) in [4.78, 5) is 15.7. The topological polar surface area (TPSA) is 41.6 Å². The summed E-state index contributed by atoms with van der Waals surface area (Å²) in [6.07, 6.45) is 6.21. The lowest BCUT2D eigenvalue weighted by Gasteiger charge is -2.29. The van der Waals surface area contributed by atoms with Crippen molar-refractivity contribution in [3.63, 3.8) is 0 Å². The Morgan fingerprint density at radius 3 is 3.00 bits per heavy atom. The van der Waals surface area contributed by atoms with Crippen LogP contribution in [-0.2, 0) is 6.54 Å². The summed E-state index contributed by atoms with van der Waals surface area (Å²) in [6.45, 7) is 2.75. The zero-order valence-corrected chi connectivity index (χ0v) is 16.5. The second-order valence-corrected chi connectivity index (χ2v) is 7.77. The minimum absolute atomic E-state index is 0.0454. The van der Waals surface area contributed by atoms with Gasteiger partial charge >= 0.3 is 6.03 Å². The summed E-state index contributed by atoms with van der Waals surface area (Å²) < 4.78 is 5.58. The van der Waals surface area contributed by atoms with E-state index in [2.05, 4.69) is 36.4 Å². The zero-order valence-electron chi connectivity index (χ0n) is 15.7. The van der Waals surface area contributed by atoms with Gasteiger partial charge in [-0.15, -0.1) is 18.2 Å². The molecule has 1 N–H and O–H groups in total. The number of hydrogen-bond acceptors (Lipinski definition) is 3. The maximum atomic E-state index is 12.8. The SMILES string of the molecule is C#CCOc1ccccc1CN(C)C(=O)N[C@H]1CCSc2ccc(C)cc21. The van der Waals surface area contributed by atoms with E-state index in [4.69, 9.17) is 11.2 Å². The van der Waals surface area contributed by atoms with Gasteiger partial charge in [-0.2, -0.15) is 0 Å². The van der Waals surface area contributed by atoms with E-state index in [0.29, 0.717) is 12.3 Å². The molecule has 0 unspecified atom stereocenters. The molecule has 2 aromatic rings. The summed E-state index contributed by atoms with van der Waals surface area (Å²) in [5, 5.41) is 3.19. The number of thioether (sulfide) groups is 1. The van der Waals surface area contributed by atoms with Gasteiger partial charge in [-0.1, -0.05) is 41.8 Å². The highest BCUT2D eigenvalue weighted by molar-refractivity contribution is 7.99. The van der Waals surface area contributed by atoms with Gasteiger partial charge in [0.1, 0.15) is 12.4 Å². The number of terminal acetylenes is 1. The third-order valence-corrected chi connectivity index (χ3v) is 5.66. The van der Waals surface area contributed by atoms with Crippen molar-refractivity contribution in [3.8, 4) is 18.1 Å². The molecule has 2 amide bonds. The standard InChI is InChI=1S/C22H24N2O2S/c1-4-12-26-20-8-6-5-7-17(20)15-24(3)22(25)23-19-11-13-27-21-10-9-16(2)14-18(19)21/h1,5-10,14,19H,11-13,15H2,2-3H3,(H,23,25)/t19-/m0/s1. The maximum Gasteiger partial charge on any atom is 0.317 e. The lowest BCUT2D eigenvalue weighted by molar-refractivity contribution is 0.201. The largest absolute Gasteiger partial charge is 0.481 e. The van der Waals surface area contributed by atoms with E-state index in [1.807, 2.05) is 36.0 Å². The van der Waals surface area contributed by atoms with Gasteiger partial charge in [0.05, 0.1) is 12.6 Å². The van der Waals surface area contributed by atoms with Crippen LogP contribution in [0.3, 0.4) is 0 Å². The second-order valence-electron chi connectivity index (χ2n) is 6.64. The van der Waals surface area contributed by atoms with Crippen LogP contribution in [0.5, 0.6) is 5.75 Å². The normalized spacial score (nSPS) is 15.4. The molecule has 3 rings (SSSR count). The average Bonchev–Trinajstić information content (AvgIpc) is 2.67. The van der Waals surface area contributed by atoms with Crippen LogP contribution in [0.4, 0.5) is 4.79 Å². The summed E-state index contributed by atoms with van der Waals surface area (Å²) in [5.74, 6) is 4.19. The minimum Gasteiger partial charge on any atom is -0.481 e. The molecule has 1 aliphatic heterocycles. The number of hydrogen-bond donors (Lipinski definition) is 1. The molecule has 1 aliphatic rings. The van der Waals surface area contributed by atoms with E-state index in [9.17, 15) is 4.79 Å². The molecule has 5 heteroatoms. The van der Waals surface area contributed by atoms with Crippen molar-refractivity contribution in [2.45, 2.75) is 30.8 Å². The number of benzene rings is 2. The van der Waals surface area contributed by atoms with Gasteiger partial charge in [0.15, 0.2) is 0 Å². The number of aryl methyl sites for hydroxylation is 1. The van der Waals surface area contributed by atoms with Crippen molar-refractivity contribution in [1.82, 2.24) is 10.2 Å². The Morgan fingerprint density at radius 2 is 2.19 bits per heavy atom. The second kappa shape index (κ2) is 8.88. The predicted octanol–water partition coefficient (Wildman–Crippen LogP) is 4.39. The number of urea groups is 1. The number of amides is 2. The van der Waals surface area contributed by atoms with Crippen LogP contribution in [0, 0.1) is 19.3 Å². The van der Waals surface area contributed by atoms with Crippen LogP contribution < -0.4 is 10.1 Å². The number of nitrogens with zero attached hydrogens (tertiary/aromatic N) is 1. The Balaban J connectivity index is 1.68. The van der Waals surface area contributed by atoms with Gasteiger partial charge in [-0.25, -0.2) is 4.79 Å². The molecule has 0 spiro atoms. The van der Waals surface area contributed by atoms with Gasteiger partial charge in [-0.3, -0.25) is 0 Å². The van der Waals surface area contributed by atoms with Gasteiger partial charge in [-0.05, 0) is 31.0 Å². The Morgan fingerprint density at radius 1 is 1.37 bits per heavy atom. The molecular formula is C22H24N2O2S. The fraction of sp³-hybridized carbons (Fsp3) is 0.318. The molecular weight excluding hydrogens is 356 g/mol. The van der Waals surface area contributed by atoms with Crippen LogP contribution in [0.15, 0.2) is 47.4 Å². The summed E-state index contributed by atoms with van der Waals surface area (Å²) in [5.41, 5.74) is 3.36. The lowest BCUT2D eigenvalue weighted by atomic mass is 10.0. The number of rotatable bonds is 5. The quantitative estimate of drug-likeness (QED) is 0.783. The molecule has 0 radical (unpaired) electrons. The molecule has 0 fully saturated rings. The molecule has 0 aromatic heterocycles. The van der Waals surface area contributed by atoms with Crippen LogP contribution in [0.25, 0.3) is 0 Å². The fourth-order valence-corrected chi connectivity index (χ4v) is 4.25. The Labute approximate surface area is 165 Å². The molecule has 0 bridgehead atoms. The third-order valence-electron chi connectivity index (χ3n) is 4.54. The van der Waals surface area contributed by atoms with Crippen molar-refractivity contribution >= 4 is 17.8 Å². The van der Waals surface area contributed by atoms with Crippen LogP contribution in [-0.4, -0.2) is 30.3 Å². The average molecular weight is 381 g/mol. The van der Waals surface area contributed by atoms with Crippen molar-refractivity contribution in [2.24, 2.45) is 0 Å². The van der Waals surface area contributed by atoms with Crippen molar-refractivity contribution < 1.29 is 9.53 Å². The van der Waals surface area contributed by atoms with E-state index in [1.165, 1.54) is 16.0 Å². The zero-order chi connectivity index (χ0) is 19.2. The first-order valence-electron chi connectivity index (χ1n) is 8.97. The first kappa shape index (κ1) is 19.2. The first-order valence-corrected chi connectivity index (χ1v) is 9.96. The van der Waals surface area contributed by atoms with Gasteiger partial charge in [0.25, 0.3) is 0 Å². The summed E-state index contributed by atoms with van der Waals surface area (Å²) in [6, 6.07) is 14.0. The minimum atomic E-state index is -0.0916. The molecule has 0 aliphatic carbocycles. The molecule has 140 valence electrons. The monoisotopic (exact) mass is 380 g/mol. The van der Waals surface area contributed by atoms with E-state index in [-0.39, 0.29) is 18.7 Å². The number of para-hydroxylation sites is 1. The Kier molecular flexibility index (Phi) is 6.31. The molecule has 2 aromatic carbocycles. The maximum absolute atomic E-state index is 12.8. The van der Waals surface area contributed by atoms with E-state index < -0.39 is 0 Å². The lowest BCUT2D eigenvalue weighted by Crippen LogP contribution is -2.40. The van der Waals surface area contributed by atoms with E-state index in [1.54, 1.807) is 11.9 Å². The van der Waals surface area contributed by atoms with Gasteiger partial charge in [0.2, 0.25) is 0 Å². The summed E-state index contributed by atoms with van der Waals surface area (Å²) >= 11 is 1.85. The van der Waals surface area contributed by atoms with Crippen molar-refractivity contribution in [3.05, 3.63) is 59.2 Å². The summed E-state index contributed by atoms with van der Waals surface area (Å²) in [7, 11) is 1.79. The third kappa shape index (κ3) is 4.78. The molecule has 0 saturated carbocycles. The number of carbonyl (C=O) groups is 1. The number of fused-ring (bicyclic) bond motifs is 1. The van der Waals surface area contributed by atoms with Crippen molar-refractivity contribution in [1.29, 1.82) is 0 Å². The fourth-order valence-electron chi connectivity index (χ4n) is 3.15. The first-order chi connectivity index (χ1) is 13.1. The Bertz CT molecular complexity index is 860. The van der Waals surface area contributed by atoms with Gasteiger partial charge in [0, 0.05) is 23.3 Å². The Hall–Kier alpha value is -2.58. The highest BCUT2D eigenvalue weighted by Crippen LogP contribution is 2.36. The number of carbonyl (C=O) groups excluding carboxylic acids is 1. The highest BCUT2D eigenvalue weighted by Gasteiger charge is 2.24. The van der Waals surface area contributed by atoms with Gasteiger partial charge < -0.3 is 15.0 Å². The predicted molar refractivity (Wildman–Crippen MR) is 110 cm³/mol. The molecule has 4 nitrogen and oxygen atoms in total. The van der Waals surface area contributed by atoms with Crippen LogP contribution in [0.2, 0.25) is 0 Å². The number of nitrogens with one attached hydrogen (secondary N) is 1. The smallest absolute Gasteiger partial charge is 0.317 e. The highest BCUT2D eigenvalue weighted by atomic mass is 32.2. The van der Waals surface area contributed by atoms with E-state index >= 15 is 0 Å².